The van der Waals surface area contributed by atoms with Gasteiger partial charge in [-0.3, -0.25) is 0 Å². The van der Waals surface area contributed by atoms with Gasteiger partial charge in [0.25, 0.3) is 0 Å². The Labute approximate surface area is 118 Å². The maximum absolute atomic E-state index is 12.9. The van der Waals surface area contributed by atoms with Gasteiger partial charge in [-0.1, -0.05) is 6.07 Å². The molecule has 21 heavy (non-hydrogen) atoms. The molecule has 0 saturated heterocycles. The minimum Gasteiger partial charge on any atom is -0.397 e. The number of fused-ring (bicyclic) bond motifs is 1. The molecule has 0 radical (unpaired) electrons. The molecule has 0 bridgehead atoms. The van der Waals surface area contributed by atoms with Crippen molar-refractivity contribution in [3.8, 4) is 0 Å². The summed E-state index contributed by atoms with van der Waals surface area (Å²) < 4.78 is 77.2. The van der Waals surface area contributed by atoms with Gasteiger partial charge in [-0.2, -0.15) is 26.3 Å². The van der Waals surface area contributed by atoms with Crippen molar-refractivity contribution in [1.29, 1.82) is 0 Å². The normalized spacial score (nSPS) is 16.2. The monoisotopic (exact) mass is 329 g/mol. The van der Waals surface area contributed by atoms with E-state index < -0.39 is 39.5 Å². The Kier molecular flexibility index (Phi) is 3.41. The molecule has 0 spiro atoms. The van der Waals surface area contributed by atoms with Crippen LogP contribution in [0.5, 0.6) is 0 Å². The van der Waals surface area contributed by atoms with Crippen molar-refractivity contribution in [2.75, 3.05) is 5.73 Å². The molecule has 3 N–H and O–H groups in total. The van der Waals surface area contributed by atoms with Crippen LogP contribution in [0.25, 0.3) is 10.1 Å². The van der Waals surface area contributed by atoms with Gasteiger partial charge < -0.3 is 10.8 Å². The zero-order valence-electron chi connectivity index (χ0n) is 10.4. The first kappa shape index (κ1) is 15.9. The first-order valence-electron chi connectivity index (χ1n) is 5.55. The molecule has 2 nitrogen and oxygen atoms in total. The molecule has 1 atom stereocenters. The number of hydrogen-bond donors (Lipinski definition) is 2. The van der Waals surface area contributed by atoms with Gasteiger partial charge in [-0.15, -0.1) is 11.3 Å². The lowest BCUT2D eigenvalue weighted by Crippen LogP contribution is -2.38. The van der Waals surface area contributed by atoms with Crippen LogP contribution in [0, 0.1) is 0 Å². The number of aliphatic hydroxyl groups is 1. The second-order valence-corrected chi connectivity index (χ2v) is 5.64. The van der Waals surface area contributed by atoms with E-state index in [4.69, 9.17) is 5.73 Å². The number of benzene rings is 1. The number of nitrogen functional groups attached to an aromatic ring is 1. The first-order chi connectivity index (χ1) is 9.37. The van der Waals surface area contributed by atoms with Crippen LogP contribution in [0.15, 0.2) is 18.2 Å². The standard InChI is InChI=1S/C12H9F6NOS/c1-10(20,12(16,17)18)9-8(19)7-5(11(13,14)15)3-2-4-6(7)21-9/h2-4,20H,19H2,1H3. The summed E-state index contributed by atoms with van der Waals surface area (Å²) in [4.78, 5) is -0.748. The predicted octanol–water partition coefficient (Wildman–Crippen LogP) is 4.27. The number of halogens is 6. The fourth-order valence-electron chi connectivity index (χ4n) is 1.90. The third kappa shape index (κ3) is 2.44. The van der Waals surface area contributed by atoms with Crippen LogP contribution in [0.4, 0.5) is 32.0 Å². The molecule has 0 amide bonds. The highest BCUT2D eigenvalue weighted by Gasteiger charge is 2.53. The van der Waals surface area contributed by atoms with Gasteiger partial charge in [-0.25, -0.2) is 0 Å². The van der Waals surface area contributed by atoms with Gasteiger partial charge in [0.2, 0.25) is 0 Å². The Bertz CT molecular complexity index is 685. The zero-order chi connectivity index (χ0) is 16.2. The molecule has 1 aromatic heterocycles. The largest absolute Gasteiger partial charge is 0.422 e. The lowest BCUT2D eigenvalue weighted by atomic mass is 10.00. The topological polar surface area (TPSA) is 46.2 Å². The lowest BCUT2D eigenvalue weighted by Gasteiger charge is -2.25. The van der Waals surface area contributed by atoms with Gasteiger partial charge in [0, 0.05) is 10.1 Å². The Morgan fingerprint density at radius 1 is 1.10 bits per heavy atom. The molecule has 2 aromatic rings. The van der Waals surface area contributed by atoms with Crippen molar-refractivity contribution in [2.45, 2.75) is 24.9 Å². The average molecular weight is 329 g/mol. The molecule has 1 unspecified atom stereocenters. The molecule has 9 heteroatoms. The van der Waals surface area contributed by atoms with Crippen LogP contribution in [-0.4, -0.2) is 11.3 Å². The van der Waals surface area contributed by atoms with Crippen molar-refractivity contribution < 1.29 is 31.4 Å². The van der Waals surface area contributed by atoms with E-state index in [9.17, 15) is 31.4 Å². The Hall–Kier alpha value is -1.48. The summed E-state index contributed by atoms with van der Waals surface area (Å²) in [6.45, 7) is 0.460. The van der Waals surface area contributed by atoms with Gasteiger partial charge in [0.15, 0.2) is 5.60 Å². The van der Waals surface area contributed by atoms with Gasteiger partial charge >= 0.3 is 12.4 Å². The van der Waals surface area contributed by atoms with Crippen LogP contribution >= 0.6 is 11.3 Å². The van der Waals surface area contributed by atoms with E-state index in [0.717, 1.165) is 12.1 Å². The quantitative estimate of drug-likeness (QED) is 0.768. The van der Waals surface area contributed by atoms with Crippen LogP contribution in [0.1, 0.15) is 17.4 Å². The highest BCUT2D eigenvalue weighted by molar-refractivity contribution is 7.20. The van der Waals surface area contributed by atoms with Gasteiger partial charge in [0.1, 0.15) is 0 Å². The van der Waals surface area contributed by atoms with E-state index in [-0.39, 0.29) is 4.70 Å². The number of hydrogen-bond acceptors (Lipinski definition) is 3. The summed E-state index contributed by atoms with van der Waals surface area (Å²) in [5.74, 6) is 0. The zero-order valence-corrected chi connectivity index (χ0v) is 11.2. The number of thiophene rings is 1. The third-order valence-electron chi connectivity index (χ3n) is 3.05. The van der Waals surface area contributed by atoms with E-state index in [1.54, 1.807) is 0 Å². The molecule has 0 saturated carbocycles. The highest BCUT2D eigenvalue weighted by atomic mass is 32.1. The van der Waals surface area contributed by atoms with Crippen LogP contribution in [0.3, 0.4) is 0 Å². The van der Waals surface area contributed by atoms with Crippen molar-refractivity contribution >= 4 is 27.1 Å². The SMILES string of the molecule is CC(O)(c1sc2cccc(C(F)(F)F)c2c1N)C(F)(F)F. The maximum atomic E-state index is 12.9. The second kappa shape index (κ2) is 4.51. The van der Waals surface area contributed by atoms with E-state index in [1.165, 1.54) is 6.07 Å². The molecular weight excluding hydrogens is 320 g/mol. The van der Waals surface area contributed by atoms with Crippen molar-refractivity contribution in [2.24, 2.45) is 0 Å². The molecule has 1 heterocycles. The van der Waals surface area contributed by atoms with Crippen LogP contribution in [0.2, 0.25) is 0 Å². The molecule has 116 valence electrons. The summed E-state index contributed by atoms with van der Waals surface area (Å²) >= 11 is 0.393. The number of anilines is 1. The summed E-state index contributed by atoms with van der Waals surface area (Å²) in [5.41, 5.74) is 0.324. The van der Waals surface area contributed by atoms with E-state index in [0.29, 0.717) is 18.3 Å². The highest BCUT2D eigenvalue weighted by Crippen LogP contribution is 2.49. The van der Waals surface area contributed by atoms with Crippen LogP contribution in [-0.2, 0) is 11.8 Å². The first-order valence-corrected chi connectivity index (χ1v) is 6.36. The summed E-state index contributed by atoms with van der Waals surface area (Å²) in [6.07, 6.45) is -9.81. The molecular formula is C12H9F6NOS. The van der Waals surface area contributed by atoms with E-state index in [1.807, 2.05) is 0 Å². The van der Waals surface area contributed by atoms with Crippen LogP contribution < -0.4 is 5.73 Å². The summed E-state index contributed by atoms with van der Waals surface area (Å²) in [7, 11) is 0. The Morgan fingerprint density at radius 2 is 1.67 bits per heavy atom. The van der Waals surface area contributed by atoms with Crippen molar-refractivity contribution in [3.05, 3.63) is 28.6 Å². The lowest BCUT2D eigenvalue weighted by molar-refractivity contribution is -0.257. The van der Waals surface area contributed by atoms with Gasteiger partial charge in [-0.05, 0) is 19.1 Å². The predicted molar refractivity (Wildman–Crippen MR) is 66.9 cm³/mol. The molecule has 0 aliphatic carbocycles. The molecule has 0 fully saturated rings. The minimum atomic E-state index is -5.06. The number of alkyl halides is 6. The smallest absolute Gasteiger partial charge is 0.397 e. The van der Waals surface area contributed by atoms with Crippen molar-refractivity contribution in [3.63, 3.8) is 0 Å². The van der Waals surface area contributed by atoms with Crippen molar-refractivity contribution in [1.82, 2.24) is 0 Å². The minimum absolute atomic E-state index is 0.0677. The van der Waals surface area contributed by atoms with E-state index in [2.05, 4.69) is 0 Å². The fraction of sp³-hybridized carbons (Fsp3) is 0.333. The fourth-order valence-corrected chi connectivity index (χ4v) is 3.11. The summed E-state index contributed by atoms with van der Waals surface area (Å²) in [6, 6.07) is 3.03. The maximum Gasteiger partial charge on any atom is 0.422 e. The average Bonchev–Trinajstić information content (AvgIpc) is 2.65. The number of nitrogens with two attached hydrogens (primary N) is 1. The molecule has 1 aromatic carbocycles. The molecule has 0 aliphatic rings. The Balaban J connectivity index is 2.80. The second-order valence-electron chi connectivity index (χ2n) is 4.59. The van der Waals surface area contributed by atoms with Gasteiger partial charge in [0.05, 0.1) is 16.1 Å². The van der Waals surface area contributed by atoms with E-state index >= 15 is 0 Å². The summed E-state index contributed by atoms with van der Waals surface area (Å²) in [5, 5.41) is 9.10. The number of rotatable bonds is 1. The Morgan fingerprint density at radius 3 is 2.14 bits per heavy atom. The molecule has 2 rings (SSSR count). The third-order valence-corrected chi connectivity index (χ3v) is 4.43. The molecule has 0 aliphatic heterocycles.